The van der Waals surface area contributed by atoms with Crippen molar-refractivity contribution in [3.63, 3.8) is 0 Å². The molecular weight excluding hydrogens is 234 g/mol. The summed E-state index contributed by atoms with van der Waals surface area (Å²) in [5.41, 5.74) is 0. The van der Waals surface area contributed by atoms with Gasteiger partial charge in [0, 0.05) is 24.7 Å². The molecule has 1 saturated carbocycles. The maximum atomic E-state index is 11.5. The molecule has 0 heterocycles. The second-order valence-electron chi connectivity index (χ2n) is 5.10. The lowest BCUT2D eigenvalue weighted by atomic mass is 10.2. The number of nitrogens with zero attached hydrogens (tertiary/aromatic N) is 1. The smallest absolute Gasteiger partial charge is 0.315 e. The third kappa shape index (κ3) is 5.35. The molecule has 1 fully saturated rings. The quantitative estimate of drug-likeness (QED) is 0.625. The number of rotatable bonds is 7. The monoisotopic (exact) mass is 257 g/mol. The van der Waals surface area contributed by atoms with Gasteiger partial charge >= 0.3 is 12.0 Å². The van der Waals surface area contributed by atoms with Crippen molar-refractivity contribution in [2.24, 2.45) is 0 Å². The molecule has 0 spiro atoms. The largest absolute Gasteiger partial charge is 0.481 e. The van der Waals surface area contributed by atoms with Crippen molar-refractivity contribution in [2.45, 2.75) is 51.2 Å². The van der Waals surface area contributed by atoms with E-state index >= 15 is 0 Å². The van der Waals surface area contributed by atoms with Crippen LogP contribution in [0, 0.1) is 0 Å². The van der Waals surface area contributed by atoms with Crippen LogP contribution in [0.2, 0.25) is 0 Å². The van der Waals surface area contributed by atoms with E-state index in [0.717, 1.165) is 0 Å². The number of urea groups is 1. The Morgan fingerprint density at radius 3 is 2.50 bits per heavy atom. The molecular formula is C12H23N3O3. The molecule has 0 aromatic carbocycles. The second-order valence-corrected chi connectivity index (χ2v) is 5.10. The van der Waals surface area contributed by atoms with Crippen LogP contribution in [0.3, 0.4) is 0 Å². The van der Waals surface area contributed by atoms with Crippen LogP contribution in [-0.2, 0) is 4.79 Å². The van der Waals surface area contributed by atoms with E-state index in [1.165, 1.54) is 12.8 Å². The van der Waals surface area contributed by atoms with E-state index in [-0.39, 0.29) is 24.5 Å². The lowest BCUT2D eigenvalue weighted by Gasteiger charge is -2.25. The molecule has 6 nitrogen and oxygen atoms in total. The first-order valence-corrected chi connectivity index (χ1v) is 6.38. The van der Waals surface area contributed by atoms with Crippen molar-refractivity contribution in [1.29, 1.82) is 0 Å². The first-order chi connectivity index (χ1) is 8.40. The molecule has 0 saturated heterocycles. The number of carbonyl (C=O) groups excluding carboxylic acids is 1. The number of carboxylic acids is 1. The predicted molar refractivity (Wildman–Crippen MR) is 68.5 cm³/mol. The van der Waals surface area contributed by atoms with Crippen LogP contribution >= 0.6 is 0 Å². The Hall–Kier alpha value is -1.30. The van der Waals surface area contributed by atoms with Gasteiger partial charge in [0.1, 0.15) is 0 Å². The first kappa shape index (κ1) is 14.8. The number of aliphatic carboxylic acids is 1. The minimum atomic E-state index is -0.912. The number of carboxylic acid groups (broad SMARTS) is 1. The molecule has 3 N–H and O–H groups in total. The average molecular weight is 257 g/mol. The van der Waals surface area contributed by atoms with Crippen LogP contribution in [0.15, 0.2) is 0 Å². The van der Waals surface area contributed by atoms with Crippen molar-refractivity contribution < 1.29 is 14.7 Å². The molecule has 0 aromatic rings. The van der Waals surface area contributed by atoms with E-state index in [2.05, 4.69) is 29.5 Å². The van der Waals surface area contributed by atoms with E-state index in [1.807, 2.05) is 0 Å². The highest BCUT2D eigenvalue weighted by Gasteiger charge is 2.29. The minimum absolute atomic E-state index is 0.0645. The molecule has 1 rings (SSSR count). The number of hydrogen-bond acceptors (Lipinski definition) is 3. The van der Waals surface area contributed by atoms with E-state index < -0.39 is 5.97 Å². The molecule has 2 amide bonds. The van der Waals surface area contributed by atoms with E-state index in [4.69, 9.17) is 5.11 Å². The molecule has 0 radical (unpaired) electrons. The third-order valence-corrected chi connectivity index (χ3v) is 3.23. The third-order valence-electron chi connectivity index (χ3n) is 3.23. The van der Waals surface area contributed by atoms with Crippen molar-refractivity contribution >= 4 is 12.0 Å². The summed E-state index contributed by atoms with van der Waals surface area (Å²) in [5, 5.41) is 13.9. The van der Waals surface area contributed by atoms with Crippen LogP contribution < -0.4 is 10.6 Å². The summed E-state index contributed by atoms with van der Waals surface area (Å²) in [4.78, 5) is 24.2. The summed E-state index contributed by atoms with van der Waals surface area (Å²) in [6.07, 6.45) is 2.41. The Labute approximate surface area is 108 Å². The van der Waals surface area contributed by atoms with Gasteiger partial charge < -0.3 is 15.7 Å². The van der Waals surface area contributed by atoms with Gasteiger partial charge in [-0.3, -0.25) is 9.69 Å². The van der Waals surface area contributed by atoms with Crippen LogP contribution in [0.4, 0.5) is 4.79 Å². The molecule has 0 aliphatic heterocycles. The maximum Gasteiger partial charge on any atom is 0.315 e. The second kappa shape index (κ2) is 6.58. The van der Waals surface area contributed by atoms with E-state index in [9.17, 15) is 9.59 Å². The fraction of sp³-hybridized carbons (Fsp3) is 0.833. The van der Waals surface area contributed by atoms with E-state index in [1.54, 1.807) is 6.92 Å². The van der Waals surface area contributed by atoms with Crippen LogP contribution in [0.1, 0.15) is 33.1 Å². The lowest BCUT2D eigenvalue weighted by Crippen LogP contribution is -2.47. The first-order valence-electron chi connectivity index (χ1n) is 6.38. The zero-order valence-electron chi connectivity index (χ0n) is 11.3. The summed E-state index contributed by atoms with van der Waals surface area (Å²) in [7, 11) is 2.06. The predicted octanol–water partition coefficient (Wildman–Crippen LogP) is 0.632. The SMILES string of the molecule is CC(CC(=O)O)NC(=O)NCC(C)N(C)C1CC1. The Balaban J connectivity index is 2.17. The van der Waals surface area contributed by atoms with Gasteiger partial charge in [0.2, 0.25) is 0 Å². The fourth-order valence-electron chi connectivity index (χ4n) is 1.81. The molecule has 104 valence electrons. The van der Waals surface area contributed by atoms with Crippen LogP contribution in [0.25, 0.3) is 0 Å². The number of hydrogen-bond donors (Lipinski definition) is 3. The van der Waals surface area contributed by atoms with Gasteiger partial charge in [-0.2, -0.15) is 0 Å². The van der Waals surface area contributed by atoms with E-state index in [0.29, 0.717) is 12.6 Å². The Morgan fingerprint density at radius 1 is 1.39 bits per heavy atom. The summed E-state index contributed by atoms with van der Waals surface area (Å²) in [5.74, 6) is -0.912. The average Bonchev–Trinajstić information content (AvgIpc) is 3.07. The molecule has 1 aliphatic carbocycles. The minimum Gasteiger partial charge on any atom is -0.481 e. The zero-order chi connectivity index (χ0) is 13.7. The highest BCUT2D eigenvalue weighted by Crippen LogP contribution is 2.26. The van der Waals surface area contributed by atoms with Gasteiger partial charge in [-0.15, -0.1) is 0 Å². The standard InChI is InChI=1S/C12H23N3O3/c1-8(6-11(16)17)14-12(18)13-7-9(2)15(3)10-4-5-10/h8-10H,4-7H2,1-3H3,(H,16,17)(H2,13,14,18). The Bertz CT molecular complexity index is 305. The van der Waals surface area contributed by atoms with Gasteiger partial charge in [-0.25, -0.2) is 4.79 Å². The number of likely N-dealkylation sites (N-methyl/N-ethyl adjacent to an activating group) is 1. The maximum absolute atomic E-state index is 11.5. The molecule has 2 unspecified atom stereocenters. The van der Waals surface area contributed by atoms with Gasteiger partial charge in [0.25, 0.3) is 0 Å². The molecule has 1 aliphatic rings. The fourth-order valence-corrected chi connectivity index (χ4v) is 1.81. The van der Waals surface area contributed by atoms with Crippen molar-refractivity contribution in [1.82, 2.24) is 15.5 Å². The van der Waals surface area contributed by atoms with Crippen LogP contribution in [-0.4, -0.2) is 53.7 Å². The summed E-state index contributed by atoms with van der Waals surface area (Å²) in [6, 6.07) is 0.285. The zero-order valence-corrected chi connectivity index (χ0v) is 11.3. The number of carbonyl (C=O) groups is 2. The lowest BCUT2D eigenvalue weighted by molar-refractivity contribution is -0.137. The summed E-state index contributed by atoms with van der Waals surface area (Å²) >= 11 is 0. The molecule has 2 atom stereocenters. The number of nitrogens with one attached hydrogen (secondary N) is 2. The molecule has 0 bridgehead atoms. The Morgan fingerprint density at radius 2 is 2.00 bits per heavy atom. The summed E-state index contributed by atoms with van der Waals surface area (Å²) < 4.78 is 0. The van der Waals surface area contributed by atoms with Gasteiger partial charge in [-0.05, 0) is 33.7 Å². The Kier molecular flexibility index (Phi) is 5.40. The van der Waals surface area contributed by atoms with Gasteiger partial charge in [0.15, 0.2) is 0 Å². The summed E-state index contributed by atoms with van der Waals surface area (Å²) in [6.45, 7) is 4.31. The molecule has 0 aromatic heterocycles. The van der Waals surface area contributed by atoms with Crippen LogP contribution in [0.5, 0.6) is 0 Å². The van der Waals surface area contributed by atoms with Crippen molar-refractivity contribution in [3.05, 3.63) is 0 Å². The molecule has 18 heavy (non-hydrogen) atoms. The van der Waals surface area contributed by atoms with Crippen molar-refractivity contribution in [3.8, 4) is 0 Å². The normalized spacial score (nSPS) is 18.2. The topological polar surface area (TPSA) is 81.7 Å². The molecule has 6 heteroatoms. The highest BCUT2D eigenvalue weighted by atomic mass is 16.4. The van der Waals surface area contributed by atoms with Gasteiger partial charge in [0.05, 0.1) is 6.42 Å². The van der Waals surface area contributed by atoms with Gasteiger partial charge in [-0.1, -0.05) is 0 Å². The highest BCUT2D eigenvalue weighted by molar-refractivity contribution is 5.75. The number of amides is 2. The van der Waals surface area contributed by atoms with Crippen molar-refractivity contribution in [2.75, 3.05) is 13.6 Å².